The van der Waals surface area contributed by atoms with Crippen LogP contribution in [0, 0.1) is 10.8 Å². The molecule has 3 aliphatic rings. The van der Waals surface area contributed by atoms with Gasteiger partial charge in [0.2, 0.25) is 0 Å². The predicted octanol–water partition coefficient (Wildman–Crippen LogP) is 5.92. The predicted molar refractivity (Wildman–Crippen MR) is 127 cm³/mol. The molecule has 0 aromatic heterocycles. The van der Waals surface area contributed by atoms with Gasteiger partial charge in [-0.2, -0.15) is 0 Å². The summed E-state index contributed by atoms with van der Waals surface area (Å²) in [7, 11) is 0. The number of Topliss-reactive ketones (excluding diaryl/α,β-unsaturated/α-hetero) is 2. The highest BCUT2D eigenvalue weighted by atomic mass is 16.5. The molecule has 1 aliphatic heterocycles. The highest BCUT2D eigenvalue weighted by molar-refractivity contribution is 6.06. The Morgan fingerprint density at radius 2 is 1.58 bits per heavy atom. The van der Waals surface area contributed by atoms with Crippen molar-refractivity contribution in [3.63, 3.8) is 0 Å². The van der Waals surface area contributed by atoms with Crippen LogP contribution in [0.1, 0.15) is 77.3 Å². The maximum atomic E-state index is 13.5. The van der Waals surface area contributed by atoms with Crippen LogP contribution in [0.15, 0.2) is 47.5 Å². The van der Waals surface area contributed by atoms with E-state index in [1.54, 1.807) is 12.1 Å². The molecular formula is C28H34O5. The normalized spacial score (nSPS) is 22.0. The fourth-order valence-corrected chi connectivity index (χ4v) is 5.44. The second-order valence-electron chi connectivity index (χ2n) is 11.0. The van der Waals surface area contributed by atoms with Crippen LogP contribution in [-0.2, 0) is 20.7 Å². The molecule has 0 fully saturated rings. The summed E-state index contributed by atoms with van der Waals surface area (Å²) in [5, 5.41) is 10.7. The van der Waals surface area contributed by atoms with Crippen molar-refractivity contribution in [1.29, 1.82) is 0 Å². The average molecular weight is 451 g/mol. The fraction of sp³-hybridized carbons (Fsp3) is 0.500. The van der Waals surface area contributed by atoms with Crippen molar-refractivity contribution in [2.45, 2.75) is 72.6 Å². The van der Waals surface area contributed by atoms with Crippen molar-refractivity contribution in [1.82, 2.24) is 0 Å². The van der Waals surface area contributed by atoms with Crippen molar-refractivity contribution in [3.05, 3.63) is 58.6 Å². The summed E-state index contributed by atoms with van der Waals surface area (Å²) in [4.78, 5) is 26.9. The van der Waals surface area contributed by atoms with E-state index in [1.807, 2.05) is 13.0 Å². The average Bonchev–Trinajstić information content (AvgIpc) is 2.67. The quantitative estimate of drug-likeness (QED) is 0.564. The highest BCUT2D eigenvalue weighted by Gasteiger charge is 2.48. The zero-order valence-electron chi connectivity index (χ0n) is 20.3. The first kappa shape index (κ1) is 23.3. The lowest BCUT2D eigenvalue weighted by molar-refractivity contribution is -0.120. The van der Waals surface area contributed by atoms with E-state index in [-0.39, 0.29) is 28.1 Å². The van der Waals surface area contributed by atoms with Gasteiger partial charge in [0, 0.05) is 48.3 Å². The van der Waals surface area contributed by atoms with Gasteiger partial charge in [-0.3, -0.25) is 9.59 Å². The Labute approximate surface area is 196 Å². The van der Waals surface area contributed by atoms with E-state index >= 15 is 0 Å². The third kappa shape index (κ3) is 4.25. The summed E-state index contributed by atoms with van der Waals surface area (Å²) < 4.78 is 12.1. The smallest absolute Gasteiger partial charge is 0.163 e. The van der Waals surface area contributed by atoms with Gasteiger partial charge in [-0.1, -0.05) is 39.8 Å². The number of ether oxygens (including phenoxy) is 2. The second kappa shape index (κ2) is 8.19. The summed E-state index contributed by atoms with van der Waals surface area (Å²) in [5.41, 5.74) is 2.20. The highest BCUT2D eigenvalue weighted by Crippen LogP contribution is 2.54. The monoisotopic (exact) mass is 450 g/mol. The van der Waals surface area contributed by atoms with E-state index in [0.29, 0.717) is 72.7 Å². The summed E-state index contributed by atoms with van der Waals surface area (Å²) in [6.07, 6.45) is 4.27. The number of phenols is 1. The molecule has 0 radical (unpaired) electrons. The first-order chi connectivity index (χ1) is 15.5. The molecule has 5 nitrogen and oxygen atoms in total. The number of rotatable bonds is 5. The summed E-state index contributed by atoms with van der Waals surface area (Å²) in [6.45, 7) is 14.3. The van der Waals surface area contributed by atoms with E-state index in [1.165, 1.54) is 0 Å². The Morgan fingerprint density at radius 3 is 2.06 bits per heavy atom. The minimum absolute atomic E-state index is 0.0201. The summed E-state index contributed by atoms with van der Waals surface area (Å²) >= 11 is 0. The Balaban J connectivity index is 1.96. The molecule has 1 N–H and O–H groups in total. The molecule has 0 amide bonds. The number of hydrogen-bond donors (Lipinski definition) is 1. The first-order valence-corrected chi connectivity index (χ1v) is 11.8. The van der Waals surface area contributed by atoms with Gasteiger partial charge in [-0.15, -0.1) is 6.58 Å². The van der Waals surface area contributed by atoms with Gasteiger partial charge in [0.05, 0.1) is 6.61 Å². The standard InChI is InChI=1S/C28H34O5/c1-7-9-16-10-17(11-20(26(16)31)32-8-2)23-24-18(29)12-27(3,4)14-21(24)33-22-15-28(5,6)13-19(30)25(22)23/h7,10-11,23,31H,1,8-9,12-15H2,2-6H3. The molecule has 1 heterocycles. The lowest BCUT2D eigenvalue weighted by Gasteiger charge is -2.42. The molecule has 5 heteroatoms. The lowest BCUT2D eigenvalue weighted by Crippen LogP contribution is -2.37. The van der Waals surface area contributed by atoms with Crippen LogP contribution in [0.25, 0.3) is 0 Å². The van der Waals surface area contributed by atoms with Gasteiger partial charge in [0.25, 0.3) is 0 Å². The Hall–Kier alpha value is -2.82. The Morgan fingerprint density at radius 1 is 1.03 bits per heavy atom. The number of ketones is 2. The van der Waals surface area contributed by atoms with Crippen molar-refractivity contribution in [2.75, 3.05) is 6.61 Å². The summed E-state index contributed by atoms with van der Waals surface area (Å²) in [5.74, 6) is 1.32. The molecule has 33 heavy (non-hydrogen) atoms. The molecule has 0 atom stereocenters. The molecule has 1 aromatic rings. The number of aromatic hydroxyl groups is 1. The number of benzene rings is 1. The molecule has 0 bridgehead atoms. The van der Waals surface area contributed by atoms with E-state index in [4.69, 9.17) is 9.47 Å². The second-order valence-corrected chi connectivity index (χ2v) is 11.0. The molecule has 4 rings (SSSR count). The topological polar surface area (TPSA) is 72.8 Å². The minimum Gasteiger partial charge on any atom is -0.504 e. The third-order valence-corrected chi connectivity index (χ3v) is 6.76. The molecule has 176 valence electrons. The van der Waals surface area contributed by atoms with Crippen molar-refractivity contribution < 1.29 is 24.2 Å². The largest absolute Gasteiger partial charge is 0.504 e. The molecule has 1 aromatic carbocycles. The van der Waals surface area contributed by atoms with Crippen LogP contribution < -0.4 is 4.74 Å². The molecule has 0 saturated heterocycles. The van der Waals surface area contributed by atoms with E-state index in [2.05, 4.69) is 34.3 Å². The van der Waals surface area contributed by atoms with Crippen LogP contribution in [0.4, 0.5) is 0 Å². The van der Waals surface area contributed by atoms with Gasteiger partial charge in [-0.25, -0.2) is 0 Å². The SMILES string of the molecule is C=CCc1cc(C2C3=C(CC(C)(C)CC3=O)OC3=C2C(=O)CC(C)(C)C3)cc(OCC)c1O. The van der Waals surface area contributed by atoms with Crippen LogP contribution in [-0.4, -0.2) is 23.3 Å². The number of allylic oxidation sites excluding steroid dienone is 5. The molecule has 2 aliphatic carbocycles. The molecule has 0 saturated carbocycles. The van der Waals surface area contributed by atoms with Crippen molar-refractivity contribution in [2.24, 2.45) is 10.8 Å². The van der Waals surface area contributed by atoms with Crippen LogP contribution in [0.5, 0.6) is 11.5 Å². The van der Waals surface area contributed by atoms with Crippen LogP contribution in [0.2, 0.25) is 0 Å². The number of phenolic OH excluding ortho intramolecular Hbond substituents is 1. The van der Waals surface area contributed by atoms with Crippen molar-refractivity contribution in [3.8, 4) is 11.5 Å². The number of carbonyl (C=O) groups excluding carboxylic acids is 2. The zero-order valence-corrected chi connectivity index (χ0v) is 20.3. The van der Waals surface area contributed by atoms with Crippen molar-refractivity contribution >= 4 is 11.6 Å². The molecule has 0 spiro atoms. The maximum absolute atomic E-state index is 13.5. The van der Waals surface area contributed by atoms with Gasteiger partial charge in [0.15, 0.2) is 23.1 Å². The van der Waals surface area contributed by atoms with Crippen LogP contribution in [0.3, 0.4) is 0 Å². The van der Waals surface area contributed by atoms with E-state index < -0.39 is 5.92 Å². The first-order valence-electron chi connectivity index (χ1n) is 11.8. The number of hydrogen-bond acceptors (Lipinski definition) is 5. The lowest BCUT2D eigenvalue weighted by atomic mass is 9.65. The van der Waals surface area contributed by atoms with Crippen LogP contribution >= 0.6 is 0 Å². The van der Waals surface area contributed by atoms with E-state index in [9.17, 15) is 14.7 Å². The Kier molecular flexibility index (Phi) is 5.80. The summed E-state index contributed by atoms with van der Waals surface area (Å²) in [6, 6.07) is 3.65. The fourth-order valence-electron chi connectivity index (χ4n) is 5.44. The minimum atomic E-state index is -0.515. The van der Waals surface area contributed by atoms with Gasteiger partial charge in [-0.05, 0) is 35.8 Å². The van der Waals surface area contributed by atoms with Gasteiger partial charge in [0.1, 0.15) is 11.5 Å². The van der Waals surface area contributed by atoms with Gasteiger partial charge < -0.3 is 14.6 Å². The maximum Gasteiger partial charge on any atom is 0.163 e. The van der Waals surface area contributed by atoms with E-state index in [0.717, 1.165) is 5.56 Å². The zero-order chi connectivity index (χ0) is 24.1. The number of carbonyl (C=O) groups is 2. The third-order valence-electron chi connectivity index (χ3n) is 6.76. The molecular weight excluding hydrogens is 416 g/mol. The molecule has 0 unspecified atom stereocenters. The Bertz CT molecular complexity index is 1050. The van der Waals surface area contributed by atoms with Gasteiger partial charge >= 0.3 is 0 Å².